The Morgan fingerprint density at radius 1 is 1.39 bits per heavy atom. The molecule has 4 heteroatoms. The first-order valence-electron chi connectivity index (χ1n) is 6.54. The molecule has 2 unspecified atom stereocenters. The van der Waals surface area contributed by atoms with Crippen molar-refractivity contribution in [1.29, 1.82) is 0 Å². The van der Waals surface area contributed by atoms with Crippen LogP contribution >= 0.6 is 27.7 Å². The van der Waals surface area contributed by atoms with E-state index < -0.39 is 0 Å². The van der Waals surface area contributed by atoms with Crippen molar-refractivity contribution in [2.75, 3.05) is 31.2 Å². The van der Waals surface area contributed by atoms with Gasteiger partial charge in [0.25, 0.3) is 0 Å². The number of hydrogen-bond acceptors (Lipinski definition) is 3. The summed E-state index contributed by atoms with van der Waals surface area (Å²) in [7, 11) is 0. The molecule has 2 nitrogen and oxygen atoms in total. The Kier molecular flexibility index (Phi) is 4.29. The highest BCUT2D eigenvalue weighted by molar-refractivity contribution is 9.10. The molecule has 98 valence electrons. The molecule has 2 atom stereocenters. The summed E-state index contributed by atoms with van der Waals surface area (Å²) in [6, 6.07) is 6.77. The Morgan fingerprint density at radius 2 is 2.33 bits per heavy atom. The van der Waals surface area contributed by atoms with Gasteiger partial charge in [-0.1, -0.05) is 28.1 Å². The van der Waals surface area contributed by atoms with Crippen LogP contribution in [0.25, 0.3) is 0 Å². The number of rotatable bonds is 2. The van der Waals surface area contributed by atoms with Crippen molar-refractivity contribution in [3.63, 3.8) is 0 Å². The van der Waals surface area contributed by atoms with Crippen LogP contribution in [0.4, 0.5) is 0 Å². The van der Waals surface area contributed by atoms with E-state index in [0.29, 0.717) is 0 Å². The largest absolute Gasteiger partial charge is 0.371 e. The molecule has 0 radical (unpaired) electrons. The van der Waals surface area contributed by atoms with Crippen LogP contribution in [0.3, 0.4) is 0 Å². The van der Waals surface area contributed by atoms with E-state index in [9.17, 15) is 0 Å². The third-order valence-corrected chi connectivity index (χ3v) is 5.54. The summed E-state index contributed by atoms with van der Waals surface area (Å²) in [4.78, 5) is 0. The fourth-order valence-corrected chi connectivity index (χ4v) is 4.60. The average molecular weight is 328 g/mol. The van der Waals surface area contributed by atoms with Gasteiger partial charge in [0.2, 0.25) is 0 Å². The van der Waals surface area contributed by atoms with Gasteiger partial charge in [0.05, 0.1) is 12.7 Å². The quantitative estimate of drug-likeness (QED) is 0.900. The van der Waals surface area contributed by atoms with E-state index in [-0.39, 0.29) is 6.10 Å². The van der Waals surface area contributed by atoms with E-state index in [1.165, 1.54) is 33.5 Å². The summed E-state index contributed by atoms with van der Waals surface area (Å²) in [5, 5.41) is 3.38. The second-order valence-corrected chi connectivity index (χ2v) is 6.91. The highest BCUT2D eigenvalue weighted by Gasteiger charge is 2.21. The summed E-state index contributed by atoms with van der Waals surface area (Å²) in [6.07, 6.45) is 1.52. The summed E-state index contributed by atoms with van der Waals surface area (Å²) in [5.74, 6) is 3.29. The molecule has 0 amide bonds. The summed E-state index contributed by atoms with van der Waals surface area (Å²) in [5.41, 5.74) is 2.75. The van der Waals surface area contributed by atoms with Crippen molar-refractivity contribution in [2.45, 2.75) is 18.4 Å². The predicted octanol–water partition coefficient (Wildman–Crippen LogP) is 3.33. The third kappa shape index (κ3) is 2.77. The number of halogens is 1. The number of nitrogens with one attached hydrogen (secondary N) is 1. The monoisotopic (exact) mass is 327 g/mol. The summed E-state index contributed by atoms with van der Waals surface area (Å²) in [6.45, 7) is 2.70. The molecule has 2 fully saturated rings. The molecule has 2 aliphatic rings. The minimum Gasteiger partial charge on any atom is -0.371 e. The van der Waals surface area contributed by atoms with Gasteiger partial charge in [-0.3, -0.25) is 0 Å². The topological polar surface area (TPSA) is 21.3 Å². The Labute approximate surface area is 121 Å². The lowest BCUT2D eigenvalue weighted by Gasteiger charge is -2.24. The molecule has 0 aliphatic carbocycles. The van der Waals surface area contributed by atoms with Crippen LogP contribution in [-0.2, 0) is 4.74 Å². The lowest BCUT2D eigenvalue weighted by molar-refractivity contribution is 0.0276. The van der Waals surface area contributed by atoms with Crippen molar-refractivity contribution < 1.29 is 4.74 Å². The third-order valence-electron chi connectivity index (χ3n) is 3.69. The Hall–Kier alpha value is -0.0300. The van der Waals surface area contributed by atoms with Gasteiger partial charge >= 0.3 is 0 Å². The van der Waals surface area contributed by atoms with Gasteiger partial charge in [0.1, 0.15) is 0 Å². The summed E-state index contributed by atoms with van der Waals surface area (Å²) >= 11 is 5.80. The SMILES string of the molecule is Brc1cc(C2CNCCO2)ccc1C1CCSC1. The van der Waals surface area contributed by atoms with Crippen LogP contribution in [0.2, 0.25) is 0 Å². The maximum Gasteiger partial charge on any atom is 0.0950 e. The van der Waals surface area contributed by atoms with E-state index >= 15 is 0 Å². The van der Waals surface area contributed by atoms with Crippen LogP contribution in [0.15, 0.2) is 22.7 Å². The Balaban J connectivity index is 1.79. The molecular formula is C14H18BrNOS. The van der Waals surface area contributed by atoms with E-state index in [2.05, 4.69) is 51.2 Å². The lowest BCUT2D eigenvalue weighted by atomic mass is 9.96. The second kappa shape index (κ2) is 5.95. The van der Waals surface area contributed by atoms with Crippen LogP contribution < -0.4 is 5.32 Å². The molecule has 2 saturated heterocycles. The minimum absolute atomic E-state index is 0.210. The van der Waals surface area contributed by atoms with Gasteiger partial charge < -0.3 is 10.1 Å². The standard InChI is InChI=1S/C14H18BrNOS/c15-13-7-10(14-8-16-4-5-17-14)1-2-12(13)11-3-6-18-9-11/h1-2,7,11,14,16H,3-6,8-9H2. The van der Waals surface area contributed by atoms with Crippen molar-refractivity contribution in [1.82, 2.24) is 5.32 Å². The maximum absolute atomic E-state index is 5.80. The molecule has 0 saturated carbocycles. The molecule has 0 aromatic heterocycles. The smallest absolute Gasteiger partial charge is 0.0950 e. The van der Waals surface area contributed by atoms with Gasteiger partial charge in [0.15, 0.2) is 0 Å². The van der Waals surface area contributed by atoms with Gasteiger partial charge in [-0.25, -0.2) is 0 Å². The van der Waals surface area contributed by atoms with E-state index in [1.54, 1.807) is 0 Å². The van der Waals surface area contributed by atoms with Gasteiger partial charge in [-0.05, 0) is 35.3 Å². The first-order chi connectivity index (χ1) is 8.84. The number of ether oxygens (including phenoxy) is 1. The zero-order valence-corrected chi connectivity index (χ0v) is 12.7. The molecule has 1 N–H and O–H groups in total. The van der Waals surface area contributed by atoms with Gasteiger partial charge in [-0.2, -0.15) is 11.8 Å². The summed E-state index contributed by atoms with van der Waals surface area (Å²) < 4.78 is 7.05. The van der Waals surface area contributed by atoms with Gasteiger partial charge in [0, 0.05) is 23.3 Å². The molecule has 1 aromatic carbocycles. The van der Waals surface area contributed by atoms with E-state index in [1.807, 2.05) is 0 Å². The number of hydrogen-bond donors (Lipinski definition) is 1. The van der Waals surface area contributed by atoms with E-state index in [4.69, 9.17) is 4.74 Å². The lowest BCUT2D eigenvalue weighted by Crippen LogP contribution is -2.33. The minimum atomic E-state index is 0.210. The first kappa shape index (κ1) is 13.0. The van der Waals surface area contributed by atoms with Crippen molar-refractivity contribution >= 4 is 27.7 Å². The average Bonchev–Trinajstić information content (AvgIpc) is 2.93. The number of benzene rings is 1. The molecule has 0 spiro atoms. The number of thioether (sulfide) groups is 1. The predicted molar refractivity (Wildman–Crippen MR) is 80.4 cm³/mol. The molecule has 2 heterocycles. The van der Waals surface area contributed by atoms with Crippen molar-refractivity contribution in [3.8, 4) is 0 Å². The fourth-order valence-electron chi connectivity index (χ4n) is 2.63. The highest BCUT2D eigenvalue weighted by atomic mass is 79.9. The van der Waals surface area contributed by atoms with Gasteiger partial charge in [-0.15, -0.1) is 0 Å². The van der Waals surface area contributed by atoms with Crippen molar-refractivity contribution in [3.05, 3.63) is 33.8 Å². The fraction of sp³-hybridized carbons (Fsp3) is 0.571. The highest BCUT2D eigenvalue weighted by Crippen LogP contribution is 2.37. The van der Waals surface area contributed by atoms with Crippen LogP contribution in [0.5, 0.6) is 0 Å². The molecule has 18 heavy (non-hydrogen) atoms. The molecule has 3 rings (SSSR count). The Bertz CT molecular complexity index is 414. The first-order valence-corrected chi connectivity index (χ1v) is 8.49. The zero-order valence-electron chi connectivity index (χ0n) is 10.3. The zero-order chi connectivity index (χ0) is 12.4. The van der Waals surface area contributed by atoms with Crippen LogP contribution in [-0.4, -0.2) is 31.2 Å². The normalized spacial score (nSPS) is 28.5. The second-order valence-electron chi connectivity index (χ2n) is 4.91. The molecule has 2 aliphatic heterocycles. The van der Waals surface area contributed by atoms with Crippen LogP contribution in [0.1, 0.15) is 29.6 Å². The molecular weight excluding hydrogens is 310 g/mol. The Morgan fingerprint density at radius 3 is 3.00 bits per heavy atom. The van der Waals surface area contributed by atoms with Crippen molar-refractivity contribution in [2.24, 2.45) is 0 Å². The maximum atomic E-state index is 5.80. The number of morpholine rings is 1. The van der Waals surface area contributed by atoms with E-state index in [0.717, 1.165) is 25.6 Å². The van der Waals surface area contributed by atoms with Crippen LogP contribution in [0, 0.1) is 0 Å². The molecule has 1 aromatic rings. The molecule has 0 bridgehead atoms.